The Labute approximate surface area is 60.7 Å². The summed E-state index contributed by atoms with van der Waals surface area (Å²) in [5, 5.41) is 0. The Morgan fingerprint density at radius 3 is 3.00 bits per heavy atom. The molecule has 0 unspecified atom stereocenters. The van der Waals surface area contributed by atoms with Crippen molar-refractivity contribution in [1.82, 2.24) is 0 Å². The van der Waals surface area contributed by atoms with E-state index in [1.54, 1.807) is 12.3 Å². The lowest BCUT2D eigenvalue weighted by Crippen LogP contribution is -2.02. The van der Waals surface area contributed by atoms with Crippen molar-refractivity contribution in [2.45, 2.75) is 13.8 Å². The molecule has 10 heavy (non-hydrogen) atoms. The zero-order valence-corrected chi connectivity index (χ0v) is 6.20. The molecule has 52 valence electrons. The molecule has 0 saturated carbocycles. The van der Waals surface area contributed by atoms with E-state index in [0.717, 1.165) is 5.84 Å². The van der Waals surface area contributed by atoms with Gasteiger partial charge in [-0.15, -0.1) is 0 Å². The smallest absolute Gasteiger partial charge is 0.140 e. The molecule has 0 aromatic carbocycles. The molecule has 0 atom stereocenters. The molecule has 2 heteroatoms. The molecule has 1 aliphatic rings. The summed E-state index contributed by atoms with van der Waals surface area (Å²) in [7, 11) is 0. The zero-order chi connectivity index (χ0) is 7.40. The largest absolute Gasteiger partial charge is 0.240 e. The Hall–Kier alpha value is -1.14. The van der Waals surface area contributed by atoms with E-state index < -0.39 is 0 Å². The molecule has 0 bridgehead atoms. The normalized spacial score (nSPS) is 15.7. The van der Waals surface area contributed by atoms with Crippen molar-refractivity contribution in [2.24, 2.45) is 15.9 Å². The van der Waals surface area contributed by atoms with Crippen molar-refractivity contribution in [3.05, 3.63) is 18.4 Å². The molecular weight excluding hydrogens is 124 g/mol. The number of aliphatic imine (C=N–C) groups is 2. The van der Waals surface area contributed by atoms with E-state index in [1.165, 1.54) is 0 Å². The number of rotatable bonds is 1. The molecule has 0 aromatic heterocycles. The topological polar surface area (TPSA) is 24.7 Å². The third-order valence-electron chi connectivity index (χ3n) is 1.16. The van der Waals surface area contributed by atoms with Gasteiger partial charge >= 0.3 is 0 Å². The summed E-state index contributed by atoms with van der Waals surface area (Å²) in [5.41, 5.74) is 0. The highest BCUT2D eigenvalue weighted by Crippen LogP contribution is 1.99. The number of hydrogen-bond acceptors (Lipinski definition) is 2. The van der Waals surface area contributed by atoms with Gasteiger partial charge in [-0.1, -0.05) is 13.8 Å². The van der Waals surface area contributed by atoms with Gasteiger partial charge < -0.3 is 0 Å². The van der Waals surface area contributed by atoms with E-state index in [0.29, 0.717) is 5.92 Å². The van der Waals surface area contributed by atoms with Crippen LogP contribution in [0.25, 0.3) is 0 Å². The number of amidine groups is 1. The molecule has 1 heterocycles. The van der Waals surface area contributed by atoms with Crippen LogP contribution in [0.3, 0.4) is 0 Å². The minimum absolute atomic E-state index is 0.378. The molecule has 0 fully saturated rings. The quantitative estimate of drug-likeness (QED) is 0.522. The molecule has 0 radical (unpaired) electrons. The van der Waals surface area contributed by atoms with Crippen molar-refractivity contribution >= 4 is 11.7 Å². The maximum absolute atomic E-state index is 4.10. The van der Waals surface area contributed by atoms with Crippen LogP contribution in [0.4, 0.5) is 0 Å². The van der Waals surface area contributed by atoms with Crippen LogP contribution >= 0.6 is 0 Å². The molecule has 0 N–H and O–H groups in total. The van der Waals surface area contributed by atoms with Crippen LogP contribution in [0.5, 0.6) is 0 Å². The first-order chi connectivity index (χ1) is 4.80. The fourth-order valence-corrected chi connectivity index (χ4v) is 0.616. The van der Waals surface area contributed by atoms with Crippen molar-refractivity contribution in [1.29, 1.82) is 0 Å². The minimum Gasteiger partial charge on any atom is -0.240 e. The van der Waals surface area contributed by atoms with E-state index in [-0.39, 0.29) is 0 Å². The third kappa shape index (κ3) is 1.67. The second kappa shape index (κ2) is 3.14. The summed E-state index contributed by atoms with van der Waals surface area (Å²) in [6, 6.07) is 0. The van der Waals surface area contributed by atoms with Crippen LogP contribution in [0, 0.1) is 5.92 Å². The van der Waals surface area contributed by atoms with Crippen molar-refractivity contribution < 1.29 is 0 Å². The molecule has 2 nitrogen and oxygen atoms in total. The van der Waals surface area contributed by atoms with Gasteiger partial charge in [-0.25, -0.2) is 4.99 Å². The summed E-state index contributed by atoms with van der Waals surface area (Å²) in [5.74, 6) is 3.98. The van der Waals surface area contributed by atoms with Gasteiger partial charge in [0.15, 0.2) is 0 Å². The van der Waals surface area contributed by atoms with Gasteiger partial charge in [0.1, 0.15) is 5.84 Å². The molecule has 0 aromatic rings. The molecule has 0 saturated heterocycles. The third-order valence-corrected chi connectivity index (χ3v) is 1.16. The van der Waals surface area contributed by atoms with E-state index in [9.17, 15) is 0 Å². The number of allylic oxidation sites excluding steroid dienone is 2. The van der Waals surface area contributed by atoms with Crippen LogP contribution in [-0.4, -0.2) is 11.7 Å². The summed E-state index contributed by atoms with van der Waals surface area (Å²) >= 11 is 0. The first-order valence-corrected chi connectivity index (χ1v) is 3.33. The van der Waals surface area contributed by atoms with Gasteiger partial charge in [-0.3, -0.25) is 0 Å². The fourth-order valence-electron chi connectivity index (χ4n) is 0.616. The fraction of sp³-hybridized carbons (Fsp3) is 0.375. The lowest BCUT2D eigenvalue weighted by molar-refractivity contribution is 0.874. The summed E-state index contributed by atoms with van der Waals surface area (Å²) in [4.78, 5) is 8.10. The maximum Gasteiger partial charge on any atom is 0.140 e. The zero-order valence-electron chi connectivity index (χ0n) is 6.20. The van der Waals surface area contributed by atoms with Crippen LogP contribution in [0.15, 0.2) is 28.3 Å². The van der Waals surface area contributed by atoms with Crippen LogP contribution in [0.2, 0.25) is 0 Å². The SMILES string of the molecule is CC(C)C1=NC=CC=C=N1. The maximum atomic E-state index is 4.10. The monoisotopic (exact) mass is 134 g/mol. The summed E-state index contributed by atoms with van der Waals surface area (Å²) in [6.45, 7) is 4.12. The highest BCUT2D eigenvalue weighted by atomic mass is 14.9. The van der Waals surface area contributed by atoms with Gasteiger partial charge in [0.05, 0.1) is 0 Å². The Balaban J connectivity index is 2.86. The molecule has 1 rings (SSSR count). The molecule has 0 aliphatic carbocycles. The van der Waals surface area contributed by atoms with E-state index in [1.807, 2.05) is 6.08 Å². The van der Waals surface area contributed by atoms with Crippen LogP contribution < -0.4 is 0 Å². The summed E-state index contributed by atoms with van der Waals surface area (Å²) < 4.78 is 0. The van der Waals surface area contributed by atoms with Crippen LogP contribution in [0.1, 0.15) is 13.8 Å². The van der Waals surface area contributed by atoms with Crippen molar-refractivity contribution in [3.63, 3.8) is 0 Å². The minimum atomic E-state index is 0.378. The predicted molar refractivity (Wildman–Crippen MR) is 43.4 cm³/mol. The molecule has 0 spiro atoms. The van der Waals surface area contributed by atoms with Crippen molar-refractivity contribution in [2.75, 3.05) is 0 Å². The Morgan fingerprint density at radius 2 is 2.30 bits per heavy atom. The second-order valence-corrected chi connectivity index (χ2v) is 2.39. The number of nitrogens with zero attached hydrogens (tertiary/aromatic N) is 2. The average Bonchev–Trinajstić information content (AvgIpc) is 2.12. The molecule has 1 aliphatic heterocycles. The highest BCUT2D eigenvalue weighted by molar-refractivity contribution is 5.91. The van der Waals surface area contributed by atoms with Gasteiger partial charge in [0.25, 0.3) is 0 Å². The Morgan fingerprint density at radius 1 is 1.50 bits per heavy atom. The predicted octanol–water partition coefficient (Wildman–Crippen LogP) is 1.79. The van der Waals surface area contributed by atoms with Gasteiger partial charge in [0, 0.05) is 18.2 Å². The summed E-state index contributed by atoms with van der Waals surface area (Å²) in [6.07, 6.45) is 5.30. The Kier molecular flexibility index (Phi) is 2.19. The Bertz CT molecular complexity index is 228. The lowest BCUT2D eigenvalue weighted by atomic mass is 10.2. The first kappa shape index (κ1) is 6.97. The van der Waals surface area contributed by atoms with Gasteiger partial charge in [0.2, 0.25) is 0 Å². The number of hydrogen-bond donors (Lipinski definition) is 0. The van der Waals surface area contributed by atoms with E-state index in [2.05, 4.69) is 29.7 Å². The standard InChI is InChI=1S/C8H10N2/c1-7(2)8-9-5-3-4-6-10-8/h3-5,7H,1-2H3. The molecular formula is C8H10N2. The van der Waals surface area contributed by atoms with Crippen molar-refractivity contribution in [3.8, 4) is 0 Å². The highest BCUT2D eigenvalue weighted by Gasteiger charge is 2.00. The lowest BCUT2D eigenvalue weighted by Gasteiger charge is -1.98. The second-order valence-electron chi connectivity index (χ2n) is 2.39. The average molecular weight is 134 g/mol. The van der Waals surface area contributed by atoms with E-state index in [4.69, 9.17) is 0 Å². The van der Waals surface area contributed by atoms with Gasteiger partial charge in [-0.2, -0.15) is 4.99 Å². The first-order valence-electron chi connectivity index (χ1n) is 3.33. The van der Waals surface area contributed by atoms with Crippen LogP contribution in [-0.2, 0) is 0 Å². The van der Waals surface area contributed by atoms with E-state index >= 15 is 0 Å². The molecule has 0 amide bonds. The van der Waals surface area contributed by atoms with Gasteiger partial charge in [-0.05, 0) is 11.9 Å².